The predicted octanol–water partition coefficient (Wildman–Crippen LogP) is 1.42. The number of nitrogens with zero attached hydrogens (tertiary/aromatic N) is 1. The highest BCUT2D eigenvalue weighted by molar-refractivity contribution is 7.91. The summed E-state index contributed by atoms with van der Waals surface area (Å²) in [4.78, 5) is 4.33. The molecule has 1 aromatic heterocycles. The van der Waals surface area contributed by atoms with Crippen molar-refractivity contribution in [1.82, 2.24) is 4.98 Å². The predicted molar refractivity (Wildman–Crippen MR) is 76.8 cm³/mol. The van der Waals surface area contributed by atoms with Gasteiger partial charge in [0.05, 0.1) is 22.7 Å². The molecule has 1 atom stereocenters. The van der Waals surface area contributed by atoms with E-state index in [1.165, 1.54) is 0 Å². The second-order valence-corrected chi connectivity index (χ2v) is 7.07. The molecule has 3 rings (SSSR count). The third kappa shape index (κ3) is 2.35. The number of pyridine rings is 1. The molecule has 3 N–H and O–H groups in total. The van der Waals surface area contributed by atoms with Crippen molar-refractivity contribution in [1.29, 1.82) is 0 Å². The van der Waals surface area contributed by atoms with E-state index in [0.717, 1.165) is 16.6 Å². The Kier molecular flexibility index (Phi) is 2.82. The highest BCUT2D eigenvalue weighted by atomic mass is 32.2. The van der Waals surface area contributed by atoms with E-state index in [0.29, 0.717) is 12.1 Å². The van der Waals surface area contributed by atoms with Crippen LogP contribution >= 0.6 is 0 Å². The molecule has 19 heavy (non-hydrogen) atoms. The SMILES string of the molecule is Nc1ccc(NC2CCS(=O)(=O)C2)c2ncccc12. The van der Waals surface area contributed by atoms with Crippen LogP contribution in [0.5, 0.6) is 0 Å². The molecule has 100 valence electrons. The molecule has 0 aliphatic carbocycles. The fraction of sp³-hybridized carbons (Fsp3) is 0.308. The molecule has 0 saturated carbocycles. The van der Waals surface area contributed by atoms with Crippen LogP contribution in [0.15, 0.2) is 30.5 Å². The monoisotopic (exact) mass is 277 g/mol. The number of anilines is 2. The fourth-order valence-corrected chi connectivity index (χ4v) is 4.11. The molecule has 1 saturated heterocycles. The summed E-state index contributed by atoms with van der Waals surface area (Å²) in [6.45, 7) is 0. The van der Waals surface area contributed by atoms with Gasteiger partial charge in [0.15, 0.2) is 9.84 Å². The van der Waals surface area contributed by atoms with Gasteiger partial charge < -0.3 is 11.1 Å². The number of hydrogen-bond acceptors (Lipinski definition) is 5. The number of sulfone groups is 1. The maximum Gasteiger partial charge on any atom is 0.152 e. The second kappa shape index (κ2) is 4.38. The number of hydrogen-bond donors (Lipinski definition) is 2. The van der Waals surface area contributed by atoms with Crippen molar-refractivity contribution >= 4 is 32.1 Å². The Balaban J connectivity index is 1.96. The standard InChI is InChI=1S/C13H15N3O2S/c14-11-3-4-12(13-10(11)2-1-6-15-13)16-9-5-7-19(17,18)8-9/h1-4,6,9,16H,5,7-8,14H2. The van der Waals surface area contributed by atoms with Gasteiger partial charge in [-0.15, -0.1) is 0 Å². The van der Waals surface area contributed by atoms with Gasteiger partial charge in [0.25, 0.3) is 0 Å². The summed E-state index contributed by atoms with van der Waals surface area (Å²) < 4.78 is 22.9. The quantitative estimate of drug-likeness (QED) is 0.811. The molecule has 2 heterocycles. The Morgan fingerprint density at radius 2 is 2.16 bits per heavy atom. The summed E-state index contributed by atoms with van der Waals surface area (Å²) in [6, 6.07) is 7.38. The Morgan fingerprint density at radius 3 is 2.89 bits per heavy atom. The number of nitrogen functional groups attached to an aromatic ring is 1. The molecule has 6 heteroatoms. The molecular weight excluding hydrogens is 262 g/mol. The zero-order chi connectivity index (χ0) is 13.5. The van der Waals surface area contributed by atoms with Crippen molar-refractivity contribution in [3.8, 4) is 0 Å². The number of benzene rings is 1. The molecule has 0 amide bonds. The summed E-state index contributed by atoms with van der Waals surface area (Å²) in [7, 11) is -2.88. The lowest BCUT2D eigenvalue weighted by atomic mass is 10.1. The van der Waals surface area contributed by atoms with Crippen molar-refractivity contribution in [2.75, 3.05) is 22.6 Å². The summed E-state index contributed by atoms with van der Waals surface area (Å²) in [6.07, 6.45) is 2.35. The van der Waals surface area contributed by atoms with Crippen molar-refractivity contribution in [2.45, 2.75) is 12.5 Å². The highest BCUT2D eigenvalue weighted by Gasteiger charge is 2.28. The maximum absolute atomic E-state index is 11.5. The zero-order valence-corrected chi connectivity index (χ0v) is 11.2. The van der Waals surface area contributed by atoms with Gasteiger partial charge in [-0.1, -0.05) is 0 Å². The third-order valence-corrected chi connectivity index (χ3v) is 5.16. The summed E-state index contributed by atoms with van der Waals surface area (Å²) in [5, 5.41) is 4.15. The Morgan fingerprint density at radius 1 is 1.32 bits per heavy atom. The minimum Gasteiger partial charge on any atom is -0.398 e. The maximum atomic E-state index is 11.5. The fourth-order valence-electron chi connectivity index (χ4n) is 2.44. The lowest BCUT2D eigenvalue weighted by Gasteiger charge is -2.14. The summed E-state index contributed by atoms with van der Waals surface area (Å²) in [5.41, 5.74) is 8.21. The Bertz CT molecular complexity index is 728. The van der Waals surface area contributed by atoms with Crippen molar-refractivity contribution in [3.63, 3.8) is 0 Å². The van der Waals surface area contributed by atoms with Crippen LogP contribution in [0.4, 0.5) is 11.4 Å². The van der Waals surface area contributed by atoms with E-state index < -0.39 is 9.84 Å². The minimum atomic E-state index is -2.88. The molecule has 2 aromatic rings. The minimum absolute atomic E-state index is 0.0427. The molecule has 1 unspecified atom stereocenters. The summed E-state index contributed by atoms with van der Waals surface area (Å²) in [5.74, 6) is 0.441. The van der Waals surface area contributed by atoms with Crippen molar-refractivity contribution in [2.24, 2.45) is 0 Å². The van der Waals surface area contributed by atoms with Gasteiger partial charge in [0.1, 0.15) is 0 Å². The lowest BCUT2D eigenvalue weighted by Crippen LogP contribution is -2.20. The second-order valence-electron chi connectivity index (χ2n) is 4.85. The van der Waals surface area contributed by atoms with Crippen molar-refractivity contribution < 1.29 is 8.42 Å². The molecular formula is C13H15N3O2S. The molecule has 1 aromatic carbocycles. The number of aromatic nitrogens is 1. The average Bonchev–Trinajstić information content (AvgIpc) is 2.73. The summed E-state index contributed by atoms with van der Waals surface area (Å²) >= 11 is 0. The first-order valence-electron chi connectivity index (χ1n) is 6.15. The van der Waals surface area contributed by atoms with Gasteiger partial charge in [0, 0.05) is 23.3 Å². The van der Waals surface area contributed by atoms with E-state index in [4.69, 9.17) is 5.73 Å². The number of fused-ring (bicyclic) bond motifs is 1. The van der Waals surface area contributed by atoms with Crippen LogP contribution in [0.25, 0.3) is 10.9 Å². The first kappa shape index (κ1) is 12.2. The van der Waals surface area contributed by atoms with Gasteiger partial charge in [-0.25, -0.2) is 8.42 Å². The Labute approximate surface area is 111 Å². The van der Waals surface area contributed by atoms with Crippen LogP contribution < -0.4 is 11.1 Å². The van der Waals surface area contributed by atoms with Gasteiger partial charge in [0.2, 0.25) is 0 Å². The zero-order valence-electron chi connectivity index (χ0n) is 10.3. The van der Waals surface area contributed by atoms with Gasteiger partial charge in [-0.3, -0.25) is 4.98 Å². The van der Waals surface area contributed by atoms with Gasteiger partial charge in [-0.05, 0) is 30.7 Å². The van der Waals surface area contributed by atoms with E-state index in [9.17, 15) is 8.42 Å². The van der Waals surface area contributed by atoms with Crippen LogP contribution in [0.1, 0.15) is 6.42 Å². The van der Waals surface area contributed by atoms with Crippen LogP contribution in [-0.4, -0.2) is 30.9 Å². The molecule has 0 bridgehead atoms. The molecule has 5 nitrogen and oxygen atoms in total. The van der Waals surface area contributed by atoms with Crippen LogP contribution in [0.2, 0.25) is 0 Å². The molecule has 1 aliphatic heterocycles. The topological polar surface area (TPSA) is 85.1 Å². The normalized spacial score (nSPS) is 21.6. The number of rotatable bonds is 2. The van der Waals surface area contributed by atoms with Gasteiger partial charge in [-0.2, -0.15) is 0 Å². The number of nitrogens with two attached hydrogens (primary N) is 1. The van der Waals surface area contributed by atoms with Crippen LogP contribution in [0, 0.1) is 0 Å². The first-order chi connectivity index (χ1) is 9.05. The number of nitrogens with one attached hydrogen (secondary N) is 1. The van der Waals surface area contributed by atoms with E-state index >= 15 is 0 Å². The van der Waals surface area contributed by atoms with Gasteiger partial charge >= 0.3 is 0 Å². The van der Waals surface area contributed by atoms with E-state index in [1.54, 1.807) is 6.20 Å². The Hall–Kier alpha value is -1.82. The largest absolute Gasteiger partial charge is 0.398 e. The molecule has 1 aliphatic rings. The smallest absolute Gasteiger partial charge is 0.152 e. The molecule has 1 fully saturated rings. The third-order valence-electron chi connectivity index (χ3n) is 3.40. The van der Waals surface area contributed by atoms with Crippen LogP contribution in [0.3, 0.4) is 0 Å². The van der Waals surface area contributed by atoms with E-state index in [-0.39, 0.29) is 17.5 Å². The highest BCUT2D eigenvalue weighted by Crippen LogP contribution is 2.28. The first-order valence-corrected chi connectivity index (χ1v) is 7.97. The van der Waals surface area contributed by atoms with E-state index in [1.807, 2.05) is 24.3 Å². The average molecular weight is 277 g/mol. The molecule has 0 radical (unpaired) electrons. The molecule has 0 spiro atoms. The van der Waals surface area contributed by atoms with Crippen molar-refractivity contribution in [3.05, 3.63) is 30.5 Å². The van der Waals surface area contributed by atoms with E-state index in [2.05, 4.69) is 10.3 Å². The van der Waals surface area contributed by atoms with Crippen LogP contribution in [-0.2, 0) is 9.84 Å². The lowest BCUT2D eigenvalue weighted by molar-refractivity contribution is 0.602.